The number of nitrogens with zero attached hydrogens (tertiary/aromatic N) is 2. The Kier molecular flexibility index (Phi) is 10.8. The summed E-state index contributed by atoms with van der Waals surface area (Å²) in [4.78, 5) is 27.5. The molecule has 0 bridgehead atoms. The first-order valence-corrected chi connectivity index (χ1v) is 13.4. The summed E-state index contributed by atoms with van der Waals surface area (Å²) in [6, 6.07) is 10.1. The van der Waals surface area contributed by atoms with Gasteiger partial charge in [0.1, 0.15) is 0 Å². The molecular weight excluding hydrogens is 569 g/mol. The van der Waals surface area contributed by atoms with Crippen LogP contribution in [0.5, 0.6) is 0 Å². The lowest BCUT2D eigenvalue weighted by Gasteiger charge is -2.25. The lowest BCUT2D eigenvalue weighted by molar-refractivity contribution is -0.137. The predicted molar refractivity (Wildman–Crippen MR) is 149 cm³/mol. The Balaban J connectivity index is 1.66. The molecule has 2 aromatic carbocycles. The molecular formula is C27H28ClF3N4O4S. The van der Waals surface area contributed by atoms with Crippen LogP contribution in [0.4, 0.5) is 18.9 Å². The molecule has 0 aliphatic heterocycles. The quantitative estimate of drug-likeness (QED) is 0.184. The first-order chi connectivity index (χ1) is 18.8. The number of aliphatic hydroxyl groups is 2. The first kappa shape index (κ1) is 31.2. The Morgan fingerprint density at radius 3 is 2.42 bits per heavy atom. The standard InChI is InChI=1S/C27H28ClF3N4O4S/c1-16(36)11-35(12-17(2)37)13-19-4-3-5-20(8-19)25(38)33-24-15-40-14-21(24)26(39)34-32-10-18-6-7-23(28)22(9-18)27(29,30)31/h3-10,14-17,36-37H,11-13H2,1-2H3,(H,33,38)(H,34,39)/b32-10-. The first-order valence-electron chi connectivity index (χ1n) is 12.1. The molecule has 214 valence electrons. The van der Waals surface area contributed by atoms with Crippen LogP contribution < -0.4 is 10.7 Å². The topological polar surface area (TPSA) is 114 Å². The number of carbonyl (C=O) groups excluding carboxylic acids is 2. The van der Waals surface area contributed by atoms with Crippen molar-refractivity contribution in [3.63, 3.8) is 0 Å². The number of rotatable bonds is 11. The van der Waals surface area contributed by atoms with E-state index in [1.807, 2.05) is 11.0 Å². The maximum atomic E-state index is 13.1. The molecule has 40 heavy (non-hydrogen) atoms. The SMILES string of the molecule is CC(O)CN(Cc1cccc(C(=O)Nc2cscc2C(=O)N/N=C\c2ccc(Cl)c(C(F)(F)F)c2)c1)CC(C)O. The summed E-state index contributed by atoms with van der Waals surface area (Å²) in [5.41, 5.74) is 2.80. The maximum Gasteiger partial charge on any atom is 0.417 e. The average molecular weight is 597 g/mol. The minimum Gasteiger partial charge on any atom is -0.392 e. The van der Waals surface area contributed by atoms with E-state index in [1.165, 1.54) is 22.8 Å². The molecule has 0 aliphatic carbocycles. The summed E-state index contributed by atoms with van der Waals surface area (Å²) in [7, 11) is 0. The van der Waals surface area contributed by atoms with Gasteiger partial charge < -0.3 is 15.5 Å². The van der Waals surface area contributed by atoms with E-state index in [4.69, 9.17) is 11.6 Å². The van der Waals surface area contributed by atoms with Gasteiger partial charge in [-0.15, -0.1) is 11.3 Å². The number of hydrogen-bond donors (Lipinski definition) is 4. The van der Waals surface area contributed by atoms with Crippen LogP contribution in [-0.4, -0.2) is 58.4 Å². The summed E-state index contributed by atoms with van der Waals surface area (Å²) >= 11 is 6.78. The van der Waals surface area contributed by atoms with E-state index in [0.717, 1.165) is 23.9 Å². The van der Waals surface area contributed by atoms with E-state index in [-0.39, 0.29) is 16.8 Å². The second-order valence-corrected chi connectivity index (χ2v) is 10.3. The molecule has 0 fully saturated rings. The van der Waals surface area contributed by atoms with E-state index < -0.39 is 40.8 Å². The van der Waals surface area contributed by atoms with Crippen LogP contribution in [0.2, 0.25) is 5.02 Å². The molecule has 0 radical (unpaired) electrons. The van der Waals surface area contributed by atoms with Crippen LogP contribution in [0.1, 0.15) is 51.3 Å². The van der Waals surface area contributed by atoms with Crippen molar-refractivity contribution >= 4 is 46.7 Å². The van der Waals surface area contributed by atoms with E-state index >= 15 is 0 Å². The zero-order chi connectivity index (χ0) is 29.4. The van der Waals surface area contributed by atoms with Crippen molar-refractivity contribution in [3.8, 4) is 0 Å². The van der Waals surface area contributed by atoms with E-state index in [0.29, 0.717) is 25.2 Å². The van der Waals surface area contributed by atoms with Crippen molar-refractivity contribution in [2.24, 2.45) is 5.10 Å². The third-order valence-electron chi connectivity index (χ3n) is 5.47. The van der Waals surface area contributed by atoms with Crippen LogP contribution in [0.3, 0.4) is 0 Å². The highest BCUT2D eigenvalue weighted by Gasteiger charge is 2.33. The number of alkyl halides is 3. The summed E-state index contributed by atoms with van der Waals surface area (Å²) in [5, 5.41) is 28.6. The maximum absolute atomic E-state index is 13.1. The summed E-state index contributed by atoms with van der Waals surface area (Å²) < 4.78 is 39.2. The molecule has 0 saturated heterocycles. The molecule has 0 spiro atoms. The highest BCUT2D eigenvalue weighted by atomic mass is 35.5. The summed E-state index contributed by atoms with van der Waals surface area (Å²) in [6.07, 6.45) is -4.77. The predicted octanol–water partition coefficient (Wildman–Crippen LogP) is 5.00. The molecule has 0 aliphatic rings. The number of anilines is 1. The van der Waals surface area contributed by atoms with Gasteiger partial charge in [0.2, 0.25) is 0 Å². The largest absolute Gasteiger partial charge is 0.417 e. The minimum atomic E-state index is -4.64. The van der Waals surface area contributed by atoms with Crippen molar-refractivity contribution in [1.29, 1.82) is 0 Å². The fourth-order valence-electron chi connectivity index (χ4n) is 3.85. The number of nitrogens with one attached hydrogen (secondary N) is 2. The van der Waals surface area contributed by atoms with Gasteiger partial charge in [-0.3, -0.25) is 14.5 Å². The third kappa shape index (κ3) is 9.14. The third-order valence-corrected chi connectivity index (χ3v) is 6.54. The number of thiophene rings is 1. The van der Waals surface area contributed by atoms with Gasteiger partial charge in [0.05, 0.1) is 40.3 Å². The number of benzene rings is 2. The smallest absolute Gasteiger partial charge is 0.392 e. The molecule has 3 aromatic rings. The van der Waals surface area contributed by atoms with Crippen molar-refractivity contribution in [2.75, 3.05) is 18.4 Å². The Morgan fingerprint density at radius 1 is 1.07 bits per heavy atom. The van der Waals surface area contributed by atoms with Crippen LogP contribution in [-0.2, 0) is 12.7 Å². The van der Waals surface area contributed by atoms with Crippen LogP contribution in [0.25, 0.3) is 0 Å². The monoisotopic (exact) mass is 596 g/mol. The average Bonchev–Trinajstić information content (AvgIpc) is 3.32. The van der Waals surface area contributed by atoms with E-state index in [1.54, 1.807) is 37.4 Å². The molecule has 2 amide bonds. The van der Waals surface area contributed by atoms with E-state index in [2.05, 4.69) is 15.8 Å². The fraction of sp³-hybridized carbons (Fsp3) is 0.296. The number of aliphatic hydroxyl groups excluding tert-OH is 2. The lowest BCUT2D eigenvalue weighted by atomic mass is 10.1. The Morgan fingerprint density at radius 2 is 1.77 bits per heavy atom. The van der Waals surface area contributed by atoms with Gasteiger partial charge in [0, 0.05) is 36.0 Å². The molecule has 3 rings (SSSR count). The number of amides is 2. The van der Waals surface area contributed by atoms with Crippen LogP contribution in [0.15, 0.2) is 58.3 Å². The van der Waals surface area contributed by atoms with Gasteiger partial charge >= 0.3 is 6.18 Å². The van der Waals surface area contributed by atoms with Crippen molar-refractivity contribution in [1.82, 2.24) is 10.3 Å². The number of carbonyl (C=O) groups is 2. The van der Waals surface area contributed by atoms with Crippen LogP contribution >= 0.6 is 22.9 Å². The number of halogens is 4. The highest BCUT2D eigenvalue weighted by Crippen LogP contribution is 2.34. The van der Waals surface area contributed by atoms with Gasteiger partial charge in [-0.1, -0.05) is 29.8 Å². The lowest BCUT2D eigenvalue weighted by Crippen LogP contribution is -2.35. The Labute approximate surface area is 238 Å². The van der Waals surface area contributed by atoms with Gasteiger partial charge in [-0.2, -0.15) is 18.3 Å². The Hall–Kier alpha value is -3.29. The van der Waals surface area contributed by atoms with Gasteiger partial charge in [-0.25, -0.2) is 5.43 Å². The molecule has 13 heteroatoms. The van der Waals surface area contributed by atoms with Crippen molar-refractivity contribution in [3.05, 3.63) is 86.1 Å². The molecule has 2 atom stereocenters. The number of hydrogen-bond acceptors (Lipinski definition) is 7. The zero-order valence-electron chi connectivity index (χ0n) is 21.6. The fourth-order valence-corrected chi connectivity index (χ4v) is 4.84. The minimum absolute atomic E-state index is 0.0798. The molecule has 1 heterocycles. The molecule has 4 N–H and O–H groups in total. The second kappa shape index (κ2) is 13.9. The second-order valence-electron chi connectivity index (χ2n) is 9.18. The highest BCUT2D eigenvalue weighted by molar-refractivity contribution is 7.08. The number of hydrazone groups is 1. The van der Waals surface area contributed by atoms with Gasteiger partial charge in [0.15, 0.2) is 0 Å². The summed E-state index contributed by atoms with van der Waals surface area (Å²) in [5.74, 6) is -1.13. The van der Waals surface area contributed by atoms with Crippen LogP contribution in [0, 0.1) is 0 Å². The molecule has 1 aromatic heterocycles. The van der Waals surface area contributed by atoms with Gasteiger partial charge in [0.25, 0.3) is 11.8 Å². The van der Waals surface area contributed by atoms with Gasteiger partial charge in [-0.05, 0) is 49.2 Å². The summed E-state index contributed by atoms with van der Waals surface area (Å²) in [6.45, 7) is 4.40. The Bertz CT molecular complexity index is 1350. The van der Waals surface area contributed by atoms with E-state index in [9.17, 15) is 33.0 Å². The zero-order valence-corrected chi connectivity index (χ0v) is 23.1. The van der Waals surface area contributed by atoms with Crippen molar-refractivity contribution < 1.29 is 33.0 Å². The molecule has 2 unspecified atom stereocenters. The van der Waals surface area contributed by atoms with Crippen molar-refractivity contribution in [2.45, 2.75) is 38.8 Å². The normalized spacial score (nSPS) is 13.4. The molecule has 8 nitrogen and oxygen atoms in total. The molecule has 0 saturated carbocycles.